The predicted octanol–water partition coefficient (Wildman–Crippen LogP) is 2.13. The zero-order chi connectivity index (χ0) is 10.1. The van der Waals surface area contributed by atoms with Gasteiger partial charge in [0.05, 0.1) is 0 Å². The van der Waals surface area contributed by atoms with E-state index in [0.29, 0.717) is 0 Å². The maximum Gasteiger partial charge on any atom is 0.111 e. The lowest BCUT2D eigenvalue weighted by Crippen LogP contribution is -2.16. The summed E-state index contributed by atoms with van der Waals surface area (Å²) in [6.07, 6.45) is 7.21. The molecule has 0 aromatic heterocycles. The minimum absolute atomic E-state index is 0.960. The molecule has 0 radical (unpaired) electrons. The molecule has 0 N–H and O–H groups in total. The molecule has 0 aliphatic heterocycles. The minimum atomic E-state index is 0.960. The van der Waals surface area contributed by atoms with Gasteiger partial charge in [0.15, 0.2) is 0 Å². The standard InChI is InChI=1S/C10H21N3/c1-5-7-8-9-13(6-2)11-10-12(3)4/h6,10H,2,5,7-9H2,1,3-4H3/b11-10-. The molecular formula is C10H21N3. The van der Waals surface area contributed by atoms with E-state index >= 15 is 0 Å². The summed E-state index contributed by atoms with van der Waals surface area (Å²) in [4.78, 5) is 1.91. The molecule has 0 aromatic carbocycles. The molecule has 13 heavy (non-hydrogen) atoms. The molecule has 0 aliphatic rings. The first kappa shape index (κ1) is 12.0. The van der Waals surface area contributed by atoms with Gasteiger partial charge in [-0.15, -0.1) is 0 Å². The first-order valence-electron chi connectivity index (χ1n) is 4.80. The van der Waals surface area contributed by atoms with Gasteiger partial charge in [-0.1, -0.05) is 26.3 Å². The topological polar surface area (TPSA) is 18.8 Å². The van der Waals surface area contributed by atoms with Crippen LogP contribution in [0.25, 0.3) is 0 Å². The van der Waals surface area contributed by atoms with Crippen molar-refractivity contribution in [2.75, 3.05) is 20.6 Å². The average molecular weight is 183 g/mol. The number of hydrazone groups is 1. The van der Waals surface area contributed by atoms with Gasteiger partial charge in [0, 0.05) is 26.8 Å². The normalized spacial score (nSPS) is 10.4. The molecule has 0 aliphatic carbocycles. The highest BCUT2D eigenvalue weighted by Crippen LogP contribution is 1.98. The van der Waals surface area contributed by atoms with Gasteiger partial charge in [-0.3, -0.25) is 5.01 Å². The first-order chi connectivity index (χ1) is 6.20. The van der Waals surface area contributed by atoms with E-state index in [1.807, 2.05) is 24.0 Å². The monoisotopic (exact) mass is 183 g/mol. The molecular weight excluding hydrogens is 162 g/mol. The van der Waals surface area contributed by atoms with Crippen molar-refractivity contribution in [2.45, 2.75) is 26.2 Å². The summed E-state index contributed by atoms with van der Waals surface area (Å²) >= 11 is 0. The van der Waals surface area contributed by atoms with Crippen LogP contribution in [0.4, 0.5) is 0 Å². The smallest absolute Gasteiger partial charge is 0.111 e. The average Bonchev–Trinajstić information content (AvgIpc) is 2.10. The van der Waals surface area contributed by atoms with E-state index < -0.39 is 0 Å². The van der Waals surface area contributed by atoms with Crippen molar-refractivity contribution in [1.29, 1.82) is 0 Å². The van der Waals surface area contributed by atoms with Gasteiger partial charge >= 0.3 is 0 Å². The van der Waals surface area contributed by atoms with Gasteiger partial charge in [0.1, 0.15) is 6.34 Å². The number of nitrogens with zero attached hydrogens (tertiary/aromatic N) is 3. The van der Waals surface area contributed by atoms with Gasteiger partial charge in [-0.2, -0.15) is 5.10 Å². The highest BCUT2D eigenvalue weighted by atomic mass is 15.5. The summed E-state index contributed by atoms with van der Waals surface area (Å²) in [7, 11) is 3.91. The number of unbranched alkanes of at least 4 members (excludes halogenated alkanes) is 2. The zero-order valence-corrected chi connectivity index (χ0v) is 9.03. The molecule has 3 nitrogen and oxygen atoms in total. The van der Waals surface area contributed by atoms with Crippen LogP contribution in [0.2, 0.25) is 0 Å². The van der Waals surface area contributed by atoms with Crippen LogP contribution in [0.5, 0.6) is 0 Å². The zero-order valence-electron chi connectivity index (χ0n) is 9.03. The molecule has 0 fully saturated rings. The van der Waals surface area contributed by atoms with E-state index in [4.69, 9.17) is 0 Å². The van der Waals surface area contributed by atoms with Crippen molar-refractivity contribution in [3.8, 4) is 0 Å². The third-order valence-electron chi connectivity index (χ3n) is 1.63. The molecule has 0 saturated carbocycles. The molecule has 0 rings (SSSR count). The SMILES string of the molecule is C=CN(CCCCC)/N=C\N(C)C. The third kappa shape index (κ3) is 7.37. The van der Waals surface area contributed by atoms with E-state index in [1.54, 1.807) is 12.5 Å². The van der Waals surface area contributed by atoms with E-state index in [2.05, 4.69) is 18.6 Å². The van der Waals surface area contributed by atoms with Gasteiger partial charge in [-0.25, -0.2) is 0 Å². The van der Waals surface area contributed by atoms with Crippen molar-refractivity contribution >= 4 is 6.34 Å². The maximum atomic E-state index is 4.23. The number of hydrogen-bond donors (Lipinski definition) is 0. The molecule has 0 aromatic rings. The van der Waals surface area contributed by atoms with Crippen LogP contribution in [-0.4, -0.2) is 36.9 Å². The Morgan fingerprint density at radius 3 is 2.46 bits per heavy atom. The molecule has 0 saturated heterocycles. The van der Waals surface area contributed by atoms with Crippen LogP contribution in [0.1, 0.15) is 26.2 Å². The second-order valence-corrected chi connectivity index (χ2v) is 3.25. The predicted molar refractivity (Wildman–Crippen MR) is 58.6 cm³/mol. The molecule has 0 heterocycles. The Hall–Kier alpha value is -0.990. The van der Waals surface area contributed by atoms with Crippen LogP contribution >= 0.6 is 0 Å². The molecule has 3 heteroatoms. The molecule has 76 valence electrons. The van der Waals surface area contributed by atoms with Crippen LogP contribution in [0.15, 0.2) is 17.9 Å². The maximum absolute atomic E-state index is 4.23. The lowest BCUT2D eigenvalue weighted by atomic mass is 10.2. The number of rotatable bonds is 7. The van der Waals surface area contributed by atoms with Crippen molar-refractivity contribution in [2.24, 2.45) is 5.10 Å². The molecule has 0 unspecified atom stereocenters. The van der Waals surface area contributed by atoms with Crippen LogP contribution < -0.4 is 0 Å². The highest BCUT2D eigenvalue weighted by Gasteiger charge is 1.93. The summed E-state index contributed by atoms with van der Waals surface area (Å²) in [5.41, 5.74) is 0. The van der Waals surface area contributed by atoms with Crippen molar-refractivity contribution < 1.29 is 0 Å². The largest absolute Gasteiger partial charge is 0.367 e. The Labute approximate surface area is 81.7 Å². The Kier molecular flexibility index (Phi) is 7.07. The summed E-state index contributed by atoms with van der Waals surface area (Å²) in [5.74, 6) is 0. The second kappa shape index (κ2) is 7.65. The fourth-order valence-electron chi connectivity index (χ4n) is 0.890. The Morgan fingerprint density at radius 1 is 1.31 bits per heavy atom. The second-order valence-electron chi connectivity index (χ2n) is 3.25. The number of hydrogen-bond acceptors (Lipinski definition) is 2. The lowest BCUT2D eigenvalue weighted by molar-refractivity contribution is 0.381. The quantitative estimate of drug-likeness (QED) is 0.260. The first-order valence-corrected chi connectivity index (χ1v) is 4.80. The van der Waals surface area contributed by atoms with E-state index in [9.17, 15) is 0 Å². The van der Waals surface area contributed by atoms with E-state index in [0.717, 1.165) is 6.54 Å². The fraction of sp³-hybridized carbons (Fsp3) is 0.700. The molecule has 0 amide bonds. The van der Waals surface area contributed by atoms with Crippen molar-refractivity contribution in [3.63, 3.8) is 0 Å². The summed E-state index contributed by atoms with van der Waals surface area (Å²) in [6, 6.07) is 0. The Balaban J connectivity index is 3.69. The van der Waals surface area contributed by atoms with Crippen molar-refractivity contribution in [3.05, 3.63) is 12.8 Å². The summed E-state index contributed by atoms with van der Waals surface area (Å²) in [6.45, 7) is 6.87. The lowest BCUT2D eigenvalue weighted by Gasteiger charge is -2.14. The summed E-state index contributed by atoms with van der Waals surface area (Å²) < 4.78 is 0. The highest BCUT2D eigenvalue weighted by molar-refractivity contribution is 5.53. The Bertz CT molecular complexity index is 152. The van der Waals surface area contributed by atoms with Crippen LogP contribution in [0.3, 0.4) is 0 Å². The molecule has 0 spiro atoms. The van der Waals surface area contributed by atoms with E-state index in [1.165, 1.54) is 19.3 Å². The van der Waals surface area contributed by atoms with E-state index in [-0.39, 0.29) is 0 Å². The van der Waals surface area contributed by atoms with Crippen LogP contribution in [0, 0.1) is 0 Å². The van der Waals surface area contributed by atoms with Gasteiger partial charge in [-0.05, 0) is 6.42 Å². The molecule has 0 bridgehead atoms. The van der Waals surface area contributed by atoms with Crippen LogP contribution in [-0.2, 0) is 0 Å². The van der Waals surface area contributed by atoms with Gasteiger partial charge in [0.25, 0.3) is 0 Å². The van der Waals surface area contributed by atoms with Crippen molar-refractivity contribution in [1.82, 2.24) is 9.91 Å². The Morgan fingerprint density at radius 2 is 2.00 bits per heavy atom. The summed E-state index contributed by atoms with van der Waals surface area (Å²) in [5, 5.41) is 6.10. The minimum Gasteiger partial charge on any atom is -0.367 e. The van der Waals surface area contributed by atoms with Gasteiger partial charge < -0.3 is 4.90 Å². The fourth-order valence-corrected chi connectivity index (χ4v) is 0.890. The third-order valence-corrected chi connectivity index (χ3v) is 1.63. The molecule has 0 atom stereocenters. The van der Waals surface area contributed by atoms with Gasteiger partial charge in [0.2, 0.25) is 0 Å².